The maximum absolute atomic E-state index is 6.25. The second kappa shape index (κ2) is 6.60. The van der Waals surface area contributed by atoms with E-state index >= 15 is 0 Å². The van der Waals surface area contributed by atoms with Crippen molar-refractivity contribution in [2.24, 2.45) is 0 Å². The summed E-state index contributed by atoms with van der Waals surface area (Å²) in [6.45, 7) is 2.91. The number of rotatable bonds is 4. The van der Waals surface area contributed by atoms with E-state index in [0.717, 1.165) is 28.7 Å². The highest BCUT2D eigenvalue weighted by atomic mass is 79.9. The summed E-state index contributed by atoms with van der Waals surface area (Å²) in [6, 6.07) is 9.55. The van der Waals surface area contributed by atoms with Crippen molar-refractivity contribution in [2.45, 2.75) is 13.3 Å². The highest BCUT2D eigenvalue weighted by molar-refractivity contribution is 9.10. The Hall–Kier alpha value is -0.770. The van der Waals surface area contributed by atoms with Crippen LogP contribution in [0.4, 0.5) is 5.82 Å². The van der Waals surface area contributed by atoms with Crippen molar-refractivity contribution in [2.75, 3.05) is 11.9 Å². The van der Waals surface area contributed by atoms with Crippen LogP contribution in [-0.2, 0) is 0 Å². The fraction of sp³-hybridized carbons (Fsp3) is 0.214. The van der Waals surface area contributed by atoms with Crippen LogP contribution in [-0.4, -0.2) is 11.5 Å². The first-order valence-electron chi connectivity index (χ1n) is 5.98. The minimum Gasteiger partial charge on any atom is -0.369 e. The van der Waals surface area contributed by atoms with Gasteiger partial charge in [0.05, 0.1) is 15.7 Å². The lowest BCUT2D eigenvalue weighted by Gasteiger charge is -2.11. The van der Waals surface area contributed by atoms with E-state index in [4.69, 9.17) is 23.2 Å². The predicted molar refractivity (Wildman–Crippen MR) is 86.2 cm³/mol. The van der Waals surface area contributed by atoms with Gasteiger partial charge in [0.2, 0.25) is 0 Å². The summed E-state index contributed by atoms with van der Waals surface area (Å²) < 4.78 is 0.952. The van der Waals surface area contributed by atoms with Crippen molar-refractivity contribution in [3.8, 4) is 11.3 Å². The summed E-state index contributed by atoms with van der Waals surface area (Å²) in [5.41, 5.74) is 1.67. The Morgan fingerprint density at radius 1 is 1.21 bits per heavy atom. The van der Waals surface area contributed by atoms with Crippen molar-refractivity contribution in [3.63, 3.8) is 0 Å². The molecule has 100 valence electrons. The third kappa shape index (κ3) is 3.41. The average molecular weight is 360 g/mol. The van der Waals surface area contributed by atoms with Crippen LogP contribution < -0.4 is 5.32 Å². The lowest BCUT2D eigenvalue weighted by molar-refractivity contribution is 0.970. The lowest BCUT2D eigenvalue weighted by atomic mass is 10.1. The van der Waals surface area contributed by atoms with Crippen molar-refractivity contribution in [1.29, 1.82) is 0 Å². The first-order chi connectivity index (χ1) is 9.13. The summed E-state index contributed by atoms with van der Waals surface area (Å²) in [7, 11) is 0. The van der Waals surface area contributed by atoms with Gasteiger partial charge in [-0.25, -0.2) is 4.98 Å². The SMILES string of the molecule is CCCNc1nc(-c2ccccc2Br)c(Cl)cc1Cl. The maximum atomic E-state index is 6.25. The minimum atomic E-state index is 0.536. The molecule has 0 amide bonds. The molecule has 0 radical (unpaired) electrons. The first-order valence-corrected chi connectivity index (χ1v) is 7.53. The Balaban J connectivity index is 2.48. The molecule has 0 unspecified atom stereocenters. The van der Waals surface area contributed by atoms with Crippen LogP contribution in [0.5, 0.6) is 0 Å². The second-order valence-corrected chi connectivity index (χ2v) is 5.72. The van der Waals surface area contributed by atoms with Gasteiger partial charge in [0.25, 0.3) is 0 Å². The van der Waals surface area contributed by atoms with Crippen LogP contribution in [0.25, 0.3) is 11.3 Å². The van der Waals surface area contributed by atoms with Crippen molar-refractivity contribution >= 4 is 44.9 Å². The minimum absolute atomic E-state index is 0.536. The number of nitrogens with one attached hydrogen (secondary N) is 1. The monoisotopic (exact) mass is 358 g/mol. The standard InChI is InChI=1S/C14H13BrCl2N2/c1-2-7-18-14-12(17)8-11(16)13(19-14)9-5-3-4-6-10(9)15/h3-6,8H,2,7H2,1H3,(H,18,19). The number of aromatic nitrogens is 1. The van der Waals surface area contributed by atoms with Crippen LogP contribution >= 0.6 is 39.1 Å². The fourth-order valence-electron chi connectivity index (χ4n) is 1.68. The molecule has 0 aliphatic heterocycles. The van der Waals surface area contributed by atoms with Gasteiger partial charge in [0.15, 0.2) is 0 Å². The Morgan fingerprint density at radius 2 is 1.95 bits per heavy atom. The number of halogens is 3. The van der Waals surface area contributed by atoms with Crippen LogP contribution in [0.1, 0.15) is 13.3 Å². The van der Waals surface area contributed by atoms with E-state index in [0.29, 0.717) is 15.9 Å². The predicted octanol–water partition coefficient (Wildman–Crippen LogP) is 5.64. The number of benzene rings is 1. The number of hydrogen-bond donors (Lipinski definition) is 1. The largest absolute Gasteiger partial charge is 0.369 e. The molecule has 0 saturated carbocycles. The maximum Gasteiger partial charge on any atom is 0.145 e. The third-order valence-electron chi connectivity index (χ3n) is 2.60. The molecule has 0 saturated heterocycles. The smallest absolute Gasteiger partial charge is 0.145 e. The summed E-state index contributed by atoms with van der Waals surface area (Å²) in [4.78, 5) is 4.54. The molecular weight excluding hydrogens is 347 g/mol. The van der Waals surface area contributed by atoms with Crippen molar-refractivity contribution < 1.29 is 0 Å². The average Bonchev–Trinajstić information content (AvgIpc) is 2.39. The topological polar surface area (TPSA) is 24.9 Å². The Kier molecular flexibility index (Phi) is 5.08. The van der Waals surface area contributed by atoms with E-state index in [1.54, 1.807) is 6.07 Å². The number of pyridine rings is 1. The molecule has 0 fully saturated rings. The Morgan fingerprint density at radius 3 is 2.63 bits per heavy atom. The normalized spacial score (nSPS) is 10.5. The zero-order chi connectivity index (χ0) is 13.8. The fourth-order valence-corrected chi connectivity index (χ4v) is 2.68. The van der Waals surface area contributed by atoms with Crippen LogP contribution in [0.15, 0.2) is 34.8 Å². The molecule has 0 aliphatic carbocycles. The molecular formula is C14H13BrCl2N2. The summed E-state index contributed by atoms with van der Waals surface area (Å²) in [6.07, 6.45) is 1.00. The van der Waals surface area contributed by atoms with Gasteiger partial charge in [0.1, 0.15) is 5.82 Å². The molecule has 0 bridgehead atoms. The molecule has 5 heteroatoms. The molecule has 19 heavy (non-hydrogen) atoms. The quantitative estimate of drug-likeness (QED) is 0.763. The van der Waals surface area contributed by atoms with Gasteiger partial charge >= 0.3 is 0 Å². The van der Waals surface area contributed by atoms with Crippen LogP contribution in [0, 0.1) is 0 Å². The molecule has 1 aromatic heterocycles. The van der Waals surface area contributed by atoms with Gasteiger partial charge in [-0.2, -0.15) is 0 Å². The van der Waals surface area contributed by atoms with Gasteiger partial charge in [-0.05, 0) is 18.6 Å². The van der Waals surface area contributed by atoms with E-state index in [2.05, 4.69) is 33.2 Å². The molecule has 0 spiro atoms. The van der Waals surface area contributed by atoms with Crippen LogP contribution in [0.2, 0.25) is 10.0 Å². The van der Waals surface area contributed by atoms with Gasteiger partial charge in [-0.3, -0.25) is 0 Å². The first kappa shape index (κ1) is 14.6. The molecule has 1 N–H and O–H groups in total. The van der Waals surface area contributed by atoms with E-state index in [1.165, 1.54) is 0 Å². The number of hydrogen-bond acceptors (Lipinski definition) is 2. The highest BCUT2D eigenvalue weighted by Gasteiger charge is 2.12. The van der Waals surface area contributed by atoms with E-state index in [1.807, 2.05) is 24.3 Å². The molecule has 1 heterocycles. The number of nitrogens with zero attached hydrogens (tertiary/aromatic N) is 1. The van der Waals surface area contributed by atoms with Gasteiger partial charge in [0, 0.05) is 16.6 Å². The van der Waals surface area contributed by atoms with Gasteiger partial charge in [-0.1, -0.05) is 64.3 Å². The number of anilines is 1. The Bertz CT molecular complexity index is 588. The van der Waals surface area contributed by atoms with E-state index < -0.39 is 0 Å². The summed E-state index contributed by atoms with van der Waals surface area (Å²) in [5, 5.41) is 4.28. The molecule has 2 aromatic rings. The van der Waals surface area contributed by atoms with E-state index in [-0.39, 0.29) is 0 Å². The summed E-state index contributed by atoms with van der Waals surface area (Å²) in [5.74, 6) is 0.665. The second-order valence-electron chi connectivity index (χ2n) is 4.06. The van der Waals surface area contributed by atoms with Gasteiger partial charge in [-0.15, -0.1) is 0 Å². The van der Waals surface area contributed by atoms with E-state index in [9.17, 15) is 0 Å². The third-order valence-corrected chi connectivity index (χ3v) is 3.87. The van der Waals surface area contributed by atoms with Crippen LogP contribution in [0.3, 0.4) is 0 Å². The molecule has 0 atom stereocenters. The van der Waals surface area contributed by atoms with Crippen molar-refractivity contribution in [1.82, 2.24) is 4.98 Å². The van der Waals surface area contributed by atoms with Gasteiger partial charge < -0.3 is 5.32 Å². The molecule has 2 rings (SSSR count). The zero-order valence-corrected chi connectivity index (χ0v) is 13.5. The molecule has 1 aromatic carbocycles. The molecule has 0 aliphatic rings. The molecule has 2 nitrogen and oxygen atoms in total. The lowest BCUT2D eigenvalue weighted by Crippen LogP contribution is -2.03. The summed E-state index contributed by atoms with van der Waals surface area (Å²) >= 11 is 15.9. The zero-order valence-electron chi connectivity index (χ0n) is 10.4. The highest BCUT2D eigenvalue weighted by Crippen LogP contribution is 2.35. The van der Waals surface area contributed by atoms with Crippen molar-refractivity contribution in [3.05, 3.63) is 44.8 Å². The Labute approximate surface area is 131 Å².